The fourth-order valence-electron chi connectivity index (χ4n) is 2.14. The number of hydrogen-bond donors (Lipinski definition) is 2. The van der Waals surface area contributed by atoms with E-state index in [1.54, 1.807) is 31.2 Å². The molecule has 0 bridgehead atoms. The van der Waals surface area contributed by atoms with Gasteiger partial charge < -0.3 is 15.6 Å². The van der Waals surface area contributed by atoms with Crippen LogP contribution in [0.15, 0.2) is 29.4 Å². The van der Waals surface area contributed by atoms with E-state index in [0.717, 1.165) is 4.68 Å². The molecule has 0 radical (unpaired) electrons. The molecule has 0 atom stereocenters. The number of nitrogens with two attached hydrogens (primary N) is 1. The first kappa shape index (κ1) is 17.0. The van der Waals surface area contributed by atoms with Crippen LogP contribution in [0.5, 0.6) is 0 Å². The summed E-state index contributed by atoms with van der Waals surface area (Å²) >= 11 is 0. The monoisotopic (exact) mass is 330 g/mol. The number of para-hydroxylation sites is 1. The number of rotatable bonds is 6. The van der Waals surface area contributed by atoms with Crippen molar-refractivity contribution in [2.24, 2.45) is 10.8 Å². The van der Waals surface area contributed by atoms with Crippen LogP contribution in [0.4, 0.5) is 5.69 Å². The highest BCUT2D eigenvalue weighted by atomic mass is 16.5. The Morgan fingerprint density at radius 3 is 2.75 bits per heavy atom. The van der Waals surface area contributed by atoms with Crippen molar-refractivity contribution >= 4 is 17.6 Å². The minimum Gasteiger partial charge on any atom is -0.476 e. The molecule has 24 heavy (non-hydrogen) atoms. The van der Waals surface area contributed by atoms with E-state index in [1.165, 1.54) is 0 Å². The maximum absolute atomic E-state index is 12.0. The Morgan fingerprint density at radius 1 is 1.46 bits per heavy atom. The van der Waals surface area contributed by atoms with Crippen molar-refractivity contribution in [3.05, 3.63) is 51.7 Å². The van der Waals surface area contributed by atoms with Gasteiger partial charge in [-0.15, -0.1) is 0 Å². The second kappa shape index (κ2) is 7.27. The summed E-state index contributed by atoms with van der Waals surface area (Å²) in [5.41, 5.74) is 14.1. The van der Waals surface area contributed by atoms with E-state index in [-0.39, 0.29) is 18.8 Å². The molecule has 3 N–H and O–H groups in total. The molecule has 0 fully saturated rings. The maximum atomic E-state index is 12.0. The zero-order valence-electron chi connectivity index (χ0n) is 12.7. The molecule has 0 aliphatic rings. The third kappa shape index (κ3) is 3.05. The smallest absolute Gasteiger partial charge is 0.359 e. The number of hydrogen-bond acceptors (Lipinski definition) is 6. The molecule has 10 heteroatoms. The van der Waals surface area contributed by atoms with Crippen molar-refractivity contribution in [1.29, 1.82) is 0 Å². The topological polar surface area (TPSA) is 156 Å². The van der Waals surface area contributed by atoms with E-state index in [2.05, 4.69) is 15.1 Å². The number of aromatic carboxylic acids is 1. The van der Waals surface area contributed by atoms with Gasteiger partial charge in [0.05, 0.1) is 12.3 Å². The van der Waals surface area contributed by atoms with Crippen LogP contribution in [-0.2, 0) is 11.3 Å². The van der Waals surface area contributed by atoms with Crippen LogP contribution in [0, 0.1) is 0 Å². The number of carboxylic acids is 1. The molecule has 2 rings (SSSR count). The van der Waals surface area contributed by atoms with Gasteiger partial charge in [0.2, 0.25) is 0 Å². The highest BCUT2D eigenvalue weighted by Gasteiger charge is 2.28. The largest absolute Gasteiger partial charge is 0.476 e. The normalized spacial score (nSPS) is 10.1. The lowest BCUT2D eigenvalue weighted by molar-refractivity contribution is 0.0519. The lowest BCUT2D eigenvalue weighted by Gasteiger charge is -2.09. The average Bonchev–Trinajstić information content (AvgIpc) is 2.95. The lowest BCUT2D eigenvalue weighted by Crippen LogP contribution is -2.12. The van der Waals surface area contributed by atoms with E-state index in [9.17, 15) is 14.7 Å². The first-order valence-electron chi connectivity index (χ1n) is 6.92. The van der Waals surface area contributed by atoms with Crippen LogP contribution in [0.3, 0.4) is 0 Å². The minimum absolute atomic E-state index is 0.0587. The maximum Gasteiger partial charge on any atom is 0.359 e. The lowest BCUT2D eigenvalue weighted by atomic mass is 10.1. The number of carbonyl (C=O) groups is 2. The van der Waals surface area contributed by atoms with Crippen LogP contribution in [0.1, 0.15) is 33.5 Å². The summed E-state index contributed by atoms with van der Waals surface area (Å²) in [6.07, 6.45) is 0. The molecular formula is C14H14N6O4. The van der Waals surface area contributed by atoms with E-state index in [1.807, 2.05) is 0 Å². The van der Waals surface area contributed by atoms with Crippen LogP contribution >= 0.6 is 0 Å². The van der Waals surface area contributed by atoms with Crippen molar-refractivity contribution in [1.82, 2.24) is 9.78 Å². The van der Waals surface area contributed by atoms with E-state index >= 15 is 0 Å². The van der Waals surface area contributed by atoms with Crippen LogP contribution < -0.4 is 5.73 Å². The Labute approximate surface area is 136 Å². The van der Waals surface area contributed by atoms with Gasteiger partial charge in [0.25, 0.3) is 0 Å². The average molecular weight is 330 g/mol. The molecule has 124 valence electrons. The predicted molar refractivity (Wildman–Crippen MR) is 83.2 cm³/mol. The fraction of sp³-hybridized carbons (Fsp3) is 0.214. The summed E-state index contributed by atoms with van der Waals surface area (Å²) < 4.78 is 5.85. The van der Waals surface area contributed by atoms with Crippen LogP contribution in [0.2, 0.25) is 0 Å². The Hall–Kier alpha value is -3.36. The molecule has 0 aliphatic heterocycles. The van der Waals surface area contributed by atoms with E-state index < -0.39 is 23.3 Å². The molecule has 0 saturated carbocycles. The second-order valence-corrected chi connectivity index (χ2v) is 4.51. The molecule has 1 aromatic carbocycles. The number of azide groups is 1. The zero-order valence-corrected chi connectivity index (χ0v) is 12.7. The molecule has 2 aromatic rings. The number of esters is 1. The molecule has 0 unspecified atom stereocenters. The molecule has 0 spiro atoms. The predicted octanol–water partition coefficient (Wildman–Crippen LogP) is 2.15. The minimum atomic E-state index is -1.41. The summed E-state index contributed by atoms with van der Waals surface area (Å²) in [5, 5.41) is 16.8. The molecule has 1 aromatic heterocycles. The Morgan fingerprint density at radius 2 is 2.17 bits per heavy atom. The molecular weight excluding hydrogens is 316 g/mol. The third-order valence-corrected chi connectivity index (χ3v) is 3.12. The first-order valence-corrected chi connectivity index (χ1v) is 6.92. The number of aromatic nitrogens is 2. The van der Waals surface area contributed by atoms with Crippen molar-refractivity contribution in [2.75, 3.05) is 6.61 Å². The van der Waals surface area contributed by atoms with Gasteiger partial charge in [0, 0.05) is 11.5 Å². The fourth-order valence-corrected chi connectivity index (χ4v) is 2.14. The van der Waals surface area contributed by atoms with Gasteiger partial charge in [-0.2, -0.15) is 5.10 Å². The van der Waals surface area contributed by atoms with Gasteiger partial charge in [0.15, 0.2) is 11.4 Å². The third-order valence-electron chi connectivity index (χ3n) is 3.12. The van der Waals surface area contributed by atoms with Crippen LogP contribution in [0.25, 0.3) is 16.1 Å². The molecule has 10 nitrogen and oxygen atoms in total. The van der Waals surface area contributed by atoms with E-state index in [4.69, 9.17) is 16.0 Å². The second-order valence-electron chi connectivity index (χ2n) is 4.51. The summed E-state index contributed by atoms with van der Waals surface area (Å²) in [6, 6.07) is 6.69. The van der Waals surface area contributed by atoms with Crippen LogP contribution in [-0.4, -0.2) is 33.4 Å². The zero-order chi connectivity index (χ0) is 17.7. The highest BCUT2D eigenvalue weighted by Crippen LogP contribution is 2.29. The summed E-state index contributed by atoms with van der Waals surface area (Å²) in [6.45, 7) is 1.77. The highest BCUT2D eigenvalue weighted by molar-refractivity contribution is 6.01. The summed E-state index contributed by atoms with van der Waals surface area (Å²) in [7, 11) is 0. The standard InChI is InChI=1S/C14H14N6O4/c1-2-24-14(23)11-10(17-19-16)12(13(21)22)20(18-11)9-6-4-3-5-8(9)7-15/h3-6H,2,7,15H2,1H3,(H,21,22). The Kier molecular flexibility index (Phi) is 5.15. The number of benzene rings is 1. The number of carboxylic acid groups (broad SMARTS) is 1. The van der Waals surface area contributed by atoms with Crippen molar-refractivity contribution in [3.8, 4) is 5.69 Å². The molecule has 0 aliphatic carbocycles. The Bertz CT molecular complexity index is 838. The van der Waals surface area contributed by atoms with Gasteiger partial charge in [-0.3, -0.25) is 0 Å². The molecule has 0 amide bonds. The van der Waals surface area contributed by atoms with Gasteiger partial charge in [-0.25, -0.2) is 14.3 Å². The van der Waals surface area contributed by atoms with Gasteiger partial charge in [-0.05, 0) is 24.1 Å². The Balaban J connectivity index is 2.80. The summed E-state index contributed by atoms with van der Waals surface area (Å²) in [4.78, 5) is 26.2. The van der Waals surface area contributed by atoms with E-state index in [0.29, 0.717) is 11.3 Å². The van der Waals surface area contributed by atoms with Crippen molar-refractivity contribution < 1.29 is 19.4 Å². The SMILES string of the molecule is CCOC(=O)c1nn(-c2ccccc2CN)c(C(=O)O)c1N=[N+]=[N-]. The number of ether oxygens (including phenoxy) is 1. The summed E-state index contributed by atoms with van der Waals surface area (Å²) in [5.74, 6) is -2.29. The quantitative estimate of drug-likeness (QED) is 0.357. The number of carbonyl (C=O) groups excluding carboxylic acids is 1. The molecule has 0 saturated heterocycles. The van der Waals surface area contributed by atoms with Crippen molar-refractivity contribution in [3.63, 3.8) is 0 Å². The van der Waals surface area contributed by atoms with Gasteiger partial charge in [-0.1, -0.05) is 23.3 Å². The van der Waals surface area contributed by atoms with Gasteiger partial charge >= 0.3 is 11.9 Å². The van der Waals surface area contributed by atoms with Crippen molar-refractivity contribution in [2.45, 2.75) is 13.5 Å². The molecule has 1 heterocycles. The number of nitrogens with zero attached hydrogens (tertiary/aromatic N) is 5. The van der Waals surface area contributed by atoms with Gasteiger partial charge in [0.1, 0.15) is 5.69 Å². The first-order chi connectivity index (χ1) is 11.5.